The Kier molecular flexibility index (Phi) is 4.78. The predicted molar refractivity (Wildman–Crippen MR) is 95.9 cm³/mol. The van der Waals surface area contributed by atoms with Crippen molar-refractivity contribution in [2.24, 2.45) is 0 Å². The Hall–Kier alpha value is -2.77. The molecule has 1 atom stereocenters. The van der Waals surface area contributed by atoms with Crippen molar-refractivity contribution in [1.29, 1.82) is 0 Å². The first-order chi connectivity index (χ1) is 12.0. The van der Waals surface area contributed by atoms with Gasteiger partial charge in [-0.25, -0.2) is 10.5 Å². The van der Waals surface area contributed by atoms with Crippen LogP contribution in [0.4, 0.5) is 0 Å². The largest absolute Gasteiger partial charge is 0.346 e. The summed E-state index contributed by atoms with van der Waals surface area (Å²) in [6.07, 6.45) is 0. The van der Waals surface area contributed by atoms with Crippen molar-refractivity contribution in [3.05, 3.63) is 64.2 Å². The second-order valence-electron chi connectivity index (χ2n) is 5.67. The fourth-order valence-electron chi connectivity index (χ4n) is 2.53. The maximum Gasteiger partial charge on any atom is 0.274 e. The molecular weight excluding hydrogens is 338 g/mol. The molecule has 3 N–H and O–H groups in total. The Morgan fingerprint density at radius 2 is 1.76 bits per heavy atom. The standard InChI is InChI=1S/C18H17N3O3S/c1-10(12-3-5-13(6-4-12)18(23)21-24)19-17(22)14-7-8-16-15(9-14)20-11(2)25-16/h3-10,24H,1-2H3,(H,19,22)(H,21,23). The smallest absolute Gasteiger partial charge is 0.274 e. The van der Waals surface area contributed by atoms with Gasteiger partial charge in [-0.15, -0.1) is 11.3 Å². The summed E-state index contributed by atoms with van der Waals surface area (Å²) in [5, 5.41) is 12.5. The number of rotatable bonds is 4. The van der Waals surface area contributed by atoms with Gasteiger partial charge in [-0.1, -0.05) is 12.1 Å². The molecule has 1 heterocycles. The highest BCUT2D eigenvalue weighted by atomic mass is 32.1. The summed E-state index contributed by atoms with van der Waals surface area (Å²) in [4.78, 5) is 28.2. The Balaban J connectivity index is 1.73. The lowest BCUT2D eigenvalue weighted by molar-refractivity contribution is 0.0706. The van der Waals surface area contributed by atoms with E-state index in [0.29, 0.717) is 11.1 Å². The molecule has 3 rings (SSSR count). The Morgan fingerprint density at radius 1 is 1.08 bits per heavy atom. The molecule has 1 unspecified atom stereocenters. The molecule has 0 fully saturated rings. The van der Waals surface area contributed by atoms with Crippen molar-refractivity contribution < 1.29 is 14.8 Å². The fraction of sp³-hybridized carbons (Fsp3) is 0.167. The zero-order chi connectivity index (χ0) is 18.0. The molecule has 0 spiro atoms. The zero-order valence-corrected chi connectivity index (χ0v) is 14.6. The average molecular weight is 355 g/mol. The monoisotopic (exact) mass is 355 g/mol. The van der Waals surface area contributed by atoms with Crippen LogP contribution in [0.1, 0.15) is 44.3 Å². The number of nitrogens with zero attached hydrogens (tertiary/aromatic N) is 1. The number of hydroxylamine groups is 1. The van der Waals surface area contributed by atoms with E-state index in [9.17, 15) is 9.59 Å². The Bertz CT molecular complexity index is 934. The Morgan fingerprint density at radius 3 is 2.44 bits per heavy atom. The van der Waals surface area contributed by atoms with E-state index in [1.54, 1.807) is 53.2 Å². The van der Waals surface area contributed by atoms with Crippen LogP contribution >= 0.6 is 11.3 Å². The van der Waals surface area contributed by atoms with Crippen molar-refractivity contribution in [1.82, 2.24) is 15.8 Å². The van der Waals surface area contributed by atoms with Crippen LogP contribution in [-0.4, -0.2) is 22.0 Å². The van der Waals surface area contributed by atoms with Crippen molar-refractivity contribution >= 4 is 33.4 Å². The highest BCUT2D eigenvalue weighted by molar-refractivity contribution is 7.18. The van der Waals surface area contributed by atoms with Gasteiger partial charge in [0.2, 0.25) is 0 Å². The molecule has 0 aliphatic carbocycles. The molecule has 2 aromatic carbocycles. The third kappa shape index (κ3) is 3.67. The summed E-state index contributed by atoms with van der Waals surface area (Å²) in [5.74, 6) is -0.757. The lowest BCUT2D eigenvalue weighted by Gasteiger charge is -2.15. The number of carbonyl (C=O) groups is 2. The normalized spacial score (nSPS) is 12.0. The zero-order valence-electron chi connectivity index (χ0n) is 13.7. The highest BCUT2D eigenvalue weighted by Gasteiger charge is 2.13. The van der Waals surface area contributed by atoms with Gasteiger partial charge in [0.25, 0.3) is 11.8 Å². The second-order valence-corrected chi connectivity index (χ2v) is 6.91. The lowest BCUT2D eigenvalue weighted by atomic mass is 10.1. The summed E-state index contributed by atoms with van der Waals surface area (Å²) in [5.41, 5.74) is 4.16. The molecule has 0 bridgehead atoms. The number of aryl methyl sites for hydroxylation is 1. The molecule has 2 amide bonds. The number of hydrogen-bond donors (Lipinski definition) is 3. The molecule has 0 radical (unpaired) electrons. The molecule has 0 aliphatic heterocycles. The SMILES string of the molecule is Cc1nc2cc(C(=O)NC(C)c3ccc(C(=O)NO)cc3)ccc2s1. The van der Waals surface area contributed by atoms with Gasteiger partial charge in [0, 0.05) is 11.1 Å². The van der Waals surface area contributed by atoms with E-state index >= 15 is 0 Å². The minimum Gasteiger partial charge on any atom is -0.346 e. The number of carbonyl (C=O) groups excluding carboxylic acids is 2. The van der Waals surface area contributed by atoms with Crippen LogP contribution in [0.15, 0.2) is 42.5 Å². The van der Waals surface area contributed by atoms with Gasteiger partial charge in [-0.3, -0.25) is 14.8 Å². The number of aromatic nitrogens is 1. The first-order valence-corrected chi connectivity index (χ1v) is 8.52. The maximum absolute atomic E-state index is 12.5. The molecule has 25 heavy (non-hydrogen) atoms. The van der Waals surface area contributed by atoms with Crippen molar-refractivity contribution in [3.8, 4) is 0 Å². The molecular formula is C18H17N3O3S. The van der Waals surface area contributed by atoms with Gasteiger partial charge in [0.15, 0.2) is 0 Å². The molecule has 0 saturated carbocycles. The van der Waals surface area contributed by atoms with Crippen molar-refractivity contribution in [2.75, 3.05) is 0 Å². The second kappa shape index (κ2) is 7.00. The van der Waals surface area contributed by atoms with Crippen LogP contribution in [0.2, 0.25) is 0 Å². The molecule has 7 heteroatoms. The first kappa shape index (κ1) is 17.1. The molecule has 0 saturated heterocycles. The van der Waals surface area contributed by atoms with E-state index in [2.05, 4.69) is 10.3 Å². The Labute approximate surface area is 148 Å². The molecule has 6 nitrogen and oxygen atoms in total. The van der Waals surface area contributed by atoms with E-state index in [1.165, 1.54) is 0 Å². The molecule has 0 aliphatic rings. The van der Waals surface area contributed by atoms with Crippen LogP contribution in [0.5, 0.6) is 0 Å². The topological polar surface area (TPSA) is 91.3 Å². The number of amides is 2. The van der Waals surface area contributed by atoms with Crippen molar-refractivity contribution in [2.45, 2.75) is 19.9 Å². The minimum atomic E-state index is -0.574. The third-order valence-electron chi connectivity index (χ3n) is 3.88. The van der Waals surface area contributed by atoms with E-state index in [1.807, 2.05) is 19.9 Å². The van der Waals surface area contributed by atoms with Gasteiger partial charge in [-0.05, 0) is 49.7 Å². The van der Waals surface area contributed by atoms with Crippen LogP contribution < -0.4 is 10.8 Å². The van der Waals surface area contributed by atoms with Crippen LogP contribution in [0.25, 0.3) is 10.2 Å². The summed E-state index contributed by atoms with van der Waals surface area (Å²) in [6.45, 7) is 3.80. The minimum absolute atomic E-state index is 0.183. The fourth-order valence-corrected chi connectivity index (χ4v) is 3.34. The summed E-state index contributed by atoms with van der Waals surface area (Å²) in [7, 11) is 0. The van der Waals surface area contributed by atoms with Gasteiger partial charge < -0.3 is 5.32 Å². The number of hydrogen-bond acceptors (Lipinski definition) is 5. The van der Waals surface area contributed by atoms with Gasteiger partial charge in [0.05, 0.1) is 21.3 Å². The first-order valence-electron chi connectivity index (χ1n) is 7.70. The van der Waals surface area contributed by atoms with Crippen molar-refractivity contribution in [3.63, 3.8) is 0 Å². The molecule has 3 aromatic rings. The lowest BCUT2D eigenvalue weighted by Crippen LogP contribution is -2.26. The average Bonchev–Trinajstić information content (AvgIpc) is 3.00. The quantitative estimate of drug-likeness (QED) is 0.495. The summed E-state index contributed by atoms with van der Waals surface area (Å²) >= 11 is 1.60. The van der Waals surface area contributed by atoms with Gasteiger partial charge in [0.1, 0.15) is 0 Å². The van der Waals surface area contributed by atoms with E-state index in [0.717, 1.165) is 20.8 Å². The van der Waals surface area contributed by atoms with E-state index in [-0.39, 0.29) is 11.9 Å². The van der Waals surface area contributed by atoms with Gasteiger partial charge >= 0.3 is 0 Å². The maximum atomic E-state index is 12.5. The van der Waals surface area contributed by atoms with E-state index < -0.39 is 5.91 Å². The van der Waals surface area contributed by atoms with Crippen LogP contribution in [-0.2, 0) is 0 Å². The van der Waals surface area contributed by atoms with E-state index in [4.69, 9.17) is 5.21 Å². The predicted octanol–water partition coefficient (Wildman–Crippen LogP) is 3.21. The van der Waals surface area contributed by atoms with Crippen LogP contribution in [0.3, 0.4) is 0 Å². The molecule has 128 valence electrons. The highest BCUT2D eigenvalue weighted by Crippen LogP contribution is 2.23. The molecule has 1 aromatic heterocycles. The summed E-state index contributed by atoms with van der Waals surface area (Å²) in [6, 6.07) is 11.9. The number of benzene rings is 2. The van der Waals surface area contributed by atoms with Crippen LogP contribution in [0, 0.1) is 6.92 Å². The number of fused-ring (bicyclic) bond motifs is 1. The van der Waals surface area contributed by atoms with Gasteiger partial charge in [-0.2, -0.15) is 0 Å². The number of nitrogens with one attached hydrogen (secondary N) is 2. The third-order valence-corrected chi connectivity index (χ3v) is 4.83. The summed E-state index contributed by atoms with van der Waals surface area (Å²) < 4.78 is 1.06. The number of thiazole rings is 1.